The zero-order valence-corrected chi connectivity index (χ0v) is 14.5. The summed E-state index contributed by atoms with van der Waals surface area (Å²) in [6.07, 6.45) is 7.41. The number of rotatable bonds is 4. The third-order valence-electron chi connectivity index (χ3n) is 4.60. The molecule has 1 saturated heterocycles. The van der Waals surface area contributed by atoms with Crippen molar-refractivity contribution in [2.45, 2.75) is 12.8 Å². The van der Waals surface area contributed by atoms with Crippen LogP contribution in [0.25, 0.3) is 11.3 Å². The van der Waals surface area contributed by atoms with Crippen LogP contribution in [0.3, 0.4) is 0 Å². The predicted octanol–water partition coefficient (Wildman–Crippen LogP) is 1.95. The summed E-state index contributed by atoms with van der Waals surface area (Å²) in [4.78, 5) is 34.5. The third-order valence-corrected chi connectivity index (χ3v) is 4.60. The molecule has 1 aliphatic heterocycles. The van der Waals surface area contributed by atoms with Gasteiger partial charge in [0.15, 0.2) is 0 Å². The molecule has 4 heterocycles. The lowest BCUT2D eigenvalue weighted by Gasteiger charge is -2.30. The van der Waals surface area contributed by atoms with E-state index in [2.05, 4.69) is 25.5 Å². The number of likely N-dealkylation sites (tertiary alicyclic amines) is 1. The van der Waals surface area contributed by atoms with E-state index < -0.39 is 0 Å². The predicted molar refractivity (Wildman–Crippen MR) is 95.6 cm³/mol. The first kappa shape index (κ1) is 17.0. The second-order valence-corrected chi connectivity index (χ2v) is 6.30. The average Bonchev–Trinajstić information content (AvgIpc) is 3.40. The Morgan fingerprint density at radius 3 is 2.67 bits per heavy atom. The van der Waals surface area contributed by atoms with Crippen LogP contribution in [-0.2, 0) is 4.79 Å². The van der Waals surface area contributed by atoms with E-state index >= 15 is 0 Å². The number of pyridine rings is 1. The number of amides is 2. The summed E-state index contributed by atoms with van der Waals surface area (Å²) in [6.45, 7) is 1.01. The lowest BCUT2D eigenvalue weighted by atomic mass is 9.96. The van der Waals surface area contributed by atoms with Crippen molar-refractivity contribution in [2.24, 2.45) is 5.92 Å². The van der Waals surface area contributed by atoms with E-state index in [1.165, 1.54) is 12.5 Å². The number of nitrogens with zero attached hydrogens (tertiary/aromatic N) is 4. The number of H-pyrrole nitrogens is 1. The van der Waals surface area contributed by atoms with E-state index in [1.807, 2.05) is 12.1 Å². The van der Waals surface area contributed by atoms with Crippen LogP contribution in [0.2, 0.25) is 0 Å². The number of nitrogens with one attached hydrogen (secondary N) is 2. The summed E-state index contributed by atoms with van der Waals surface area (Å²) in [6, 6.07) is 5.60. The van der Waals surface area contributed by atoms with Gasteiger partial charge in [-0.2, -0.15) is 5.10 Å². The Morgan fingerprint density at radius 2 is 1.96 bits per heavy atom. The van der Waals surface area contributed by atoms with E-state index in [4.69, 9.17) is 4.42 Å². The van der Waals surface area contributed by atoms with Gasteiger partial charge in [0, 0.05) is 37.0 Å². The Balaban J connectivity index is 1.35. The highest BCUT2D eigenvalue weighted by Gasteiger charge is 2.29. The van der Waals surface area contributed by atoms with E-state index in [0.717, 1.165) is 5.56 Å². The van der Waals surface area contributed by atoms with Gasteiger partial charge in [0.25, 0.3) is 5.91 Å². The number of carbonyl (C=O) groups is 2. The molecule has 0 radical (unpaired) electrons. The Labute approximate surface area is 154 Å². The average molecular weight is 366 g/mol. The lowest BCUT2D eigenvalue weighted by Crippen LogP contribution is -2.41. The lowest BCUT2D eigenvalue weighted by molar-refractivity contribution is -0.121. The fourth-order valence-electron chi connectivity index (χ4n) is 3.11. The van der Waals surface area contributed by atoms with Gasteiger partial charge in [0.05, 0.1) is 11.9 Å². The third kappa shape index (κ3) is 3.71. The molecule has 0 aliphatic carbocycles. The monoisotopic (exact) mass is 366 g/mol. The molecule has 0 spiro atoms. The SMILES string of the molecule is O=C(Nc1ncco1)C1CCN(C(=O)c2cc(-c3ccncc3)n[nH]2)CC1. The first-order valence-electron chi connectivity index (χ1n) is 8.66. The molecule has 4 rings (SSSR count). The van der Waals surface area contributed by atoms with Crippen molar-refractivity contribution in [2.75, 3.05) is 18.4 Å². The highest BCUT2D eigenvalue weighted by atomic mass is 16.4. The number of hydrogen-bond acceptors (Lipinski definition) is 6. The topological polar surface area (TPSA) is 117 Å². The van der Waals surface area contributed by atoms with Crippen LogP contribution in [-0.4, -0.2) is 50.0 Å². The maximum absolute atomic E-state index is 12.7. The molecule has 3 aromatic rings. The number of carbonyl (C=O) groups excluding carboxylic acids is 2. The van der Waals surface area contributed by atoms with Crippen LogP contribution in [0.1, 0.15) is 23.3 Å². The zero-order chi connectivity index (χ0) is 18.6. The summed E-state index contributed by atoms with van der Waals surface area (Å²) in [5, 5.41) is 9.66. The van der Waals surface area contributed by atoms with Gasteiger partial charge in [-0.05, 0) is 31.0 Å². The van der Waals surface area contributed by atoms with E-state index in [0.29, 0.717) is 37.3 Å². The largest absolute Gasteiger partial charge is 0.432 e. The standard InChI is InChI=1S/C18H18N6O3/c25-16(21-18-20-7-10-27-18)13-3-8-24(9-4-13)17(26)15-11-14(22-23-15)12-1-5-19-6-2-12/h1-2,5-7,10-11,13H,3-4,8-9H2,(H,22,23)(H,20,21,25). The van der Waals surface area contributed by atoms with Gasteiger partial charge in [-0.15, -0.1) is 0 Å². The Bertz CT molecular complexity index is 914. The minimum absolute atomic E-state index is 0.116. The molecule has 1 fully saturated rings. The van der Waals surface area contributed by atoms with Gasteiger partial charge in [-0.3, -0.25) is 25.0 Å². The van der Waals surface area contributed by atoms with Crippen LogP contribution in [0.4, 0.5) is 6.01 Å². The van der Waals surface area contributed by atoms with E-state index in [-0.39, 0.29) is 23.7 Å². The summed E-state index contributed by atoms with van der Waals surface area (Å²) < 4.78 is 5.03. The molecule has 0 bridgehead atoms. The fraction of sp³-hybridized carbons (Fsp3) is 0.278. The quantitative estimate of drug-likeness (QED) is 0.729. The normalized spacial score (nSPS) is 14.9. The van der Waals surface area contributed by atoms with Crippen LogP contribution in [0.15, 0.2) is 47.5 Å². The number of piperidine rings is 1. The molecule has 2 amide bonds. The van der Waals surface area contributed by atoms with Gasteiger partial charge < -0.3 is 9.32 Å². The fourth-order valence-corrected chi connectivity index (χ4v) is 3.11. The smallest absolute Gasteiger partial charge is 0.301 e. The zero-order valence-electron chi connectivity index (χ0n) is 14.5. The van der Waals surface area contributed by atoms with Crippen LogP contribution >= 0.6 is 0 Å². The molecule has 0 atom stereocenters. The van der Waals surface area contributed by atoms with Gasteiger partial charge in [0.2, 0.25) is 5.91 Å². The molecule has 3 aromatic heterocycles. The van der Waals surface area contributed by atoms with Crippen molar-refractivity contribution in [3.63, 3.8) is 0 Å². The molecule has 27 heavy (non-hydrogen) atoms. The first-order chi connectivity index (χ1) is 13.2. The Morgan fingerprint density at radius 1 is 1.19 bits per heavy atom. The van der Waals surface area contributed by atoms with Crippen molar-refractivity contribution in [1.82, 2.24) is 25.1 Å². The molecule has 1 aliphatic rings. The van der Waals surface area contributed by atoms with Gasteiger partial charge in [0.1, 0.15) is 12.0 Å². The van der Waals surface area contributed by atoms with Crippen LogP contribution < -0.4 is 5.32 Å². The molecule has 2 N–H and O–H groups in total. The minimum atomic E-state index is -0.171. The first-order valence-corrected chi connectivity index (χ1v) is 8.66. The molecular weight excluding hydrogens is 348 g/mol. The second kappa shape index (κ2) is 7.40. The number of aromatic amines is 1. The maximum atomic E-state index is 12.7. The molecule has 0 aromatic carbocycles. The molecular formula is C18H18N6O3. The van der Waals surface area contributed by atoms with Crippen molar-refractivity contribution in [3.05, 3.63) is 48.7 Å². The molecule has 0 saturated carbocycles. The Kier molecular flexibility index (Phi) is 4.65. The highest BCUT2D eigenvalue weighted by Crippen LogP contribution is 2.22. The summed E-state index contributed by atoms with van der Waals surface area (Å²) in [7, 11) is 0. The molecule has 0 unspecified atom stereocenters. The molecule has 9 heteroatoms. The van der Waals surface area contributed by atoms with E-state index in [1.54, 1.807) is 23.4 Å². The maximum Gasteiger partial charge on any atom is 0.301 e. The highest BCUT2D eigenvalue weighted by molar-refractivity contribution is 5.94. The summed E-state index contributed by atoms with van der Waals surface area (Å²) in [5.41, 5.74) is 2.02. The second-order valence-electron chi connectivity index (χ2n) is 6.30. The number of anilines is 1. The van der Waals surface area contributed by atoms with Crippen molar-refractivity contribution < 1.29 is 14.0 Å². The van der Waals surface area contributed by atoms with Crippen molar-refractivity contribution in [1.29, 1.82) is 0 Å². The van der Waals surface area contributed by atoms with Gasteiger partial charge in [-0.25, -0.2) is 4.98 Å². The van der Waals surface area contributed by atoms with Crippen molar-refractivity contribution >= 4 is 17.8 Å². The molecule has 138 valence electrons. The van der Waals surface area contributed by atoms with E-state index in [9.17, 15) is 9.59 Å². The molecule has 9 nitrogen and oxygen atoms in total. The van der Waals surface area contributed by atoms with Crippen LogP contribution in [0, 0.1) is 5.92 Å². The summed E-state index contributed by atoms with van der Waals surface area (Å²) in [5.74, 6) is -0.421. The van der Waals surface area contributed by atoms with Gasteiger partial charge >= 0.3 is 6.01 Å². The Hall–Kier alpha value is -3.49. The van der Waals surface area contributed by atoms with Crippen LogP contribution in [0.5, 0.6) is 0 Å². The number of oxazole rings is 1. The van der Waals surface area contributed by atoms with Crippen molar-refractivity contribution in [3.8, 4) is 11.3 Å². The number of hydrogen-bond donors (Lipinski definition) is 2. The minimum Gasteiger partial charge on any atom is -0.432 e. The van der Waals surface area contributed by atoms with Gasteiger partial charge in [-0.1, -0.05) is 0 Å². The number of aromatic nitrogens is 4. The summed E-state index contributed by atoms with van der Waals surface area (Å²) >= 11 is 0.